The summed E-state index contributed by atoms with van der Waals surface area (Å²) in [5.41, 5.74) is 0. The Morgan fingerprint density at radius 1 is 0.458 bits per heavy atom. The van der Waals surface area contributed by atoms with Crippen molar-refractivity contribution in [2.45, 2.75) is 214 Å². The minimum atomic E-state index is -0.506. The summed E-state index contributed by atoms with van der Waals surface area (Å²) < 4.78 is 16.2. The number of hydrogen-bond donors (Lipinski definition) is 0. The second-order valence-corrected chi connectivity index (χ2v) is 14.4. The zero-order valence-electron chi connectivity index (χ0n) is 32.8. The number of rotatable bonds is 38. The minimum Gasteiger partial charge on any atom is -0.465 e. The molecule has 0 N–H and O–H groups in total. The van der Waals surface area contributed by atoms with E-state index < -0.39 is 6.16 Å². The lowest BCUT2D eigenvalue weighted by molar-refractivity contribution is -0.145. The highest BCUT2D eigenvalue weighted by Gasteiger charge is 2.12. The third-order valence-corrected chi connectivity index (χ3v) is 9.77. The fourth-order valence-corrected chi connectivity index (χ4v) is 6.43. The molecule has 0 aliphatic carbocycles. The molecule has 0 aromatic rings. The van der Waals surface area contributed by atoms with Crippen molar-refractivity contribution in [3.63, 3.8) is 0 Å². The van der Waals surface area contributed by atoms with Crippen LogP contribution in [0.5, 0.6) is 0 Å². The molecule has 0 amide bonds. The molecule has 1 unspecified atom stereocenters. The quantitative estimate of drug-likeness (QED) is 0.0477. The van der Waals surface area contributed by atoms with E-state index in [9.17, 15) is 9.59 Å². The second kappa shape index (κ2) is 38.5. The predicted octanol–water partition coefficient (Wildman–Crippen LogP) is 13.0. The lowest BCUT2D eigenvalue weighted by Gasteiger charge is -2.20. The Balaban J connectivity index is 3.76. The Labute approximate surface area is 299 Å². The summed E-state index contributed by atoms with van der Waals surface area (Å²) in [4.78, 5) is 26.7. The number of carbonyl (C=O) groups excluding carboxylic acids is 2. The first-order chi connectivity index (χ1) is 23.6. The molecular weight excluding hydrogens is 598 g/mol. The van der Waals surface area contributed by atoms with Crippen LogP contribution in [0.4, 0.5) is 4.79 Å². The molecule has 0 saturated heterocycles. The van der Waals surface area contributed by atoms with E-state index in [1.54, 1.807) is 0 Å². The number of esters is 1. The number of ether oxygens (including phenoxy) is 3. The van der Waals surface area contributed by atoms with Crippen molar-refractivity contribution >= 4 is 12.1 Å². The van der Waals surface area contributed by atoms with Gasteiger partial charge in [-0.1, -0.05) is 163 Å². The number of carbonyl (C=O) groups is 2. The van der Waals surface area contributed by atoms with E-state index in [0.29, 0.717) is 32.2 Å². The summed E-state index contributed by atoms with van der Waals surface area (Å²) in [6, 6.07) is 0. The molecule has 0 bridgehead atoms. The number of unbranched alkanes of at least 4 members (excludes halogenated alkanes) is 21. The molecule has 0 aromatic heterocycles. The summed E-state index contributed by atoms with van der Waals surface area (Å²) in [5, 5.41) is 0. The van der Waals surface area contributed by atoms with Crippen LogP contribution >= 0.6 is 0 Å². The van der Waals surface area contributed by atoms with Crippen LogP contribution < -0.4 is 0 Å². The monoisotopic (exact) mass is 682 g/mol. The van der Waals surface area contributed by atoms with Gasteiger partial charge in [0.05, 0.1) is 19.8 Å². The van der Waals surface area contributed by atoms with Gasteiger partial charge < -0.3 is 19.1 Å². The fourth-order valence-electron chi connectivity index (χ4n) is 6.43. The molecule has 0 aliphatic heterocycles. The van der Waals surface area contributed by atoms with Gasteiger partial charge >= 0.3 is 12.1 Å². The summed E-state index contributed by atoms with van der Waals surface area (Å²) >= 11 is 0. The lowest BCUT2D eigenvalue weighted by Crippen LogP contribution is -2.25. The van der Waals surface area contributed by atoms with Crippen LogP contribution in [0.2, 0.25) is 0 Å². The van der Waals surface area contributed by atoms with Gasteiger partial charge in [-0.05, 0) is 70.5 Å². The molecule has 0 aromatic carbocycles. The lowest BCUT2D eigenvalue weighted by atomic mass is 9.95. The van der Waals surface area contributed by atoms with Gasteiger partial charge in [0, 0.05) is 6.42 Å². The fraction of sp³-hybridized carbons (Fsp3) is 0.952. The second-order valence-electron chi connectivity index (χ2n) is 14.4. The topological polar surface area (TPSA) is 65.1 Å². The Morgan fingerprint density at radius 2 is 0.854 bits per heavy atom. The van der Waals surface area contributed by atoms with Crippen molar-refractivity contribution < 1.29 is 23.8 Å². The molecule has 6 nitrogen and oxygen atoms in total. The molecule has 0 saturated carbocycles. The van der Waals surface area contributed by atoms with Crippen molar-refractivity contribution in [3.8, 4) is 0 Å². The van der Waals surface area contributed by atoms with Gasteiger partial charge in [0.25, 0.3) is 0 Å². The first kappa shape index (κ1) is 46.7. The SMILES string of the molecule is CCCCCCCCCOC(=O)OCCCCCCN(CC)CCCCCCCC(=O)OCC(CCCCCC)CCCCCCCC. The molecule has 6 heteroatoms. The molecule has 0 aliphatic rings. The first-order valence-electron chi connectivity index (χ1n) is 21.2. The maximum Gasteiger partial charge on any atom is 0.508 e. The predicted molar refractivity (Wildman–Crippen MR) is 205 cm³/mol. The summed E-state index contributed by atoms with van der Waals surface area (Å²) in [5.74, 6) is 0.562. The van der Waals surface area contributed by atoms with E-state index in [1.165, 1.54) is 141 Å². The van der Waals surface area contributed by atoms with Crippen LogP contribution in [-0.2, 0) is 19.0 Å². The maximum absolute atomic E-state index is 12.4. The van der Waals surface area contributed by atoms with Crippen LogP contribution in [-0.4, -0.2) is 56.5 Å². The van der Waals surface area contributed by atoms with E-state index >= 15 is 0 Å². The van der Waals surface area contributed by atoms with Crippen LogP contribution in [0.25, 0.3) is 0 Å². The Hall–Kier alpha value is -1.30. The van der Waals surface area contributed by atoms with Gasteiger partial charge in [-0.15, -0.1) is 0 Å². The van der Waals surface area contributed by atoms with E-state index in [2.05, 4.69) is 32.6 Å². The van der Waals surface area contributed by atoms with Crippen LogP contribution in [0.15, 0.2) is 0 Å². The molecule has 0 radical (unpaired) electrons. The van der Waals surface area contributed by atoms with Gasteiger partial charge in [-0.25, -0.2) is 4.79 Å². The Kier molecular flexibility index (Phi) is 37.5. The van der Waals surface area contributed by atoms with Crippen LogP contribution in [0, 0.1) is 5.92 Å². The summed E-state index contributed by atoms with van der Waals surface area (Å²) in [7, 11) is 0. The largest absolute Gasteiger partial charge is 0.508 e. The molecule has 1 atom stereocenters. The summed E-state index contributed by atoms with van der Waals surface area (Å²) in [6.07, 6.45) is 34.2. The molecule has 0 fully saturated rings. The molecule has 48 heavy (non-hydrogen) atoms. The van der Waals surface area contributed by atoms with Crippen molar-refractivity contribution in [1.82, 2.24) is 4.90 Å². The summed E-state index contributed by atoms with van der Waals surface area (Å²) in [6.45, 7) is 14.0. The van der Waals surface area contributed by atoms with Gasteiger partial charge in [0.15, 0.2) is 0 Å². The van der Waals surface area contributed by atoms with E-state index in [-0.39, 0.29) is 5.97 Å². The highest BCUT2D eigenvalue weighted by Crippen LogP contribution is 2.20. The highest BCUT2D eigenvalue weighted by molar-refractivity contribution is 5.69. The van der Waals surface area contributed by atoms with Crippen molar-refractivity contribution in [1.29, 1.82) is 0 Å². The molecular formula is C42H83NO5. The van der Waals surface area contributed by atoms with Crippen molar-refractivity contribution in [3.05, 3.63) is 0 Å². The number of hydrogen-bond acceptors (Lipinski definition) is 6. The van der Waals surface area contributed by atoms with Gasteiger partial charge in [-0.3, -0.25) is 4.79 Å². The van der Waals surface area contributed by atoms with Gasteiger partial charge in [0.1, 0.15) is 0 Å². The highest BCUT2D eigenvalue weighted by atomic mass is 16.7. The Bertz CT molecular complexity index is 672. The molecule has 0 rings (SSSR count). The van der Waals surface area contributed by atoms with Crippen LogP contribution in [0.1, 0.15) is 214 Å². The maximum atomic E-state index is 12.4. The molecule has 286 valence electrons. The number of nitrogens with zero attached hydrogens (tertiary/aromatic N) is 1. The third-order valence-electron chi connectivity index (χ3n) is 9.77. The zero-order chi connectivity index (χ0) is 35.2. The van der Waals surface area contributed by atoms with Gasteiger partial charge in [0.2, 0.25) is 0 Å². The molecule has 0 heterocycles. The average molecular weight is 682 g/mol. The standard InChI is InChI=1S/C42H83NO5/c1-5-9-12-15-17-23-30-37-46-42(45)47-38-31-24-22-29-36-43(8-4)35-28-21-18-20-27-34-41(44)48-39-40(32-25-14-11-7-3)33-26-19-16-13-10-6-2/h40H,5-39H2,1-4H3. The zero-order valence-corrected chi connectivity index (χ0v) is 32.8. The smallest absolute Gasteiger partial charge is 0.465 e. The average Bonchev–Trinajstić information content (AvgIpc) is 3.09. The van der Waals surface area contributed by atoms with Crippen molar-refractivity contribution in [2.24, 2.45) is 5.92 Å². The van der Waals surface area contributed by atoms with E-state index in [4.69, 9.17) is 14.2 Å². The van der Waals surface area contributed by atoms with Crippen LogP contribution in [0.3, 0.4) is 0 Å². The molecule has 0 spiro atoms. The normalized spacial score (nSPS) is 12.0. The van der Waals surface area contributed by atoms with E-state index in [1.807, 2.05) is 0 Å². The third kappa shape index (κ3) is 34.6. The van der Waals surface area contributed by atoms with Gasteiger partial charge in [-0.2, -0.15) is 0 Å². The van der Waals surface area contributed by atoms with E-state index in [0.717, 1.165) is 58.2 Å². The Morgan fingerprint density at radius 3 is 1.33 bits per heavy atom. The first-order valence-corrected chi connectivity index (χ1v) is 21.2. The van der Waals surface area contributed by atoms with Crippen molar-refractivity contribution in [2.75, 3.05) is 39.5 Å². The minimum absolute atomic E-state index is 0.0129.